The van der Waals surface area contributed by atoms with Crippen LogP contribution in [-0.2, 0) is 17.9 Å². The Morgan fingerprint density at radius 3 is 2.41 bits per heavy atom. The molecule has 0 aliphatic rings. The van der Waals surface area contributed by atoms with Crippen LogP contribution in [0.25, 0.3) is 10.9 Å². The molecule has 0 spiro atoms. The molecule has 1 aromatic heterocycles. The first-order chi connectivity index (χ1) is 15.5. The van der Waals surface area contributed by atoms with Gasteiger partial charge in [0.15, 0.2) is 5.16 Å². The van der Waals surface area contributed by atoms with Crippen LogP contribution in [0.2, 0.25) is 10.0 Å². The standard InChI is InChI=1S/C24H19Cl2N3O2S/c25-18-8-6-16(7-9-18)13-27-22(30)15-32-24-28-21-12-19(26)10-11-20(21)23(31)29(24)14-17-4-2-1-3-5-17/h1-12H,13-15H2,(H,27,30). The highest BCUT2D eigenvalue weighted by molar-refractivity contribution is 7.99. The molecule has 0 aliphatic heterocycles. The second-order valence-electron chi connectivity index (χ2n) is 7.12. The summed E-state index contributed by atoms with van der Waals surface area (Å²) in [4.78, 5) is 30.3. The minimum Gasteiger partial charge on any atom is -0.351 e. The van der Waals surface area contributed by atoms with Crippen LogP contribution in [0.1, 0.15) is 11.1 Å². The number of hydrogen-bond donors (Lipinski definition) is 1. The fourth-order valence-corrected chi connectivity index (χ4v) is 4.29. The van der Waals surface area contributed by atoms with E-state index in [1.807, 2.05) is 42.5 Å². The quantitative estimate of drug-likeness (QED) is 0.291. The zero-order chi connectivity index (χ0) is 22.5. The van der Waals surface area contributed by atoms with Crippen molar-refractivity contribution in [2.45, 2.75) is 18.2 Å². The summed E-state index contributed by atoms with van der Waals surface area (Å²) >= 11 is 13.2. The molecule has 8 heteroatoms. The summed E-state index contributed by atoms with van der Waals surface area (Å²) in [7, 11) is 0. The van der Waals surface area contributed by atoms with Gasteiger partial charge in [-0.3, -0.25) is 14.2 Å². The van der Waals surface area contributed by atoms with E-state index in [4.69, 9.17) is 23.2 Å². The van der Waals surface area contributed by atoms with Gasteiger partial charge in [0.1, 0.15) is 0 Å². The lowest BCUT2D eigenvalue weighted by atomic mass is 10.2. The maximum absolute atomic E-state index is 13.2. The van der Waals surface area contributed by atoms with E-state index in [0.29, 0.717) is 39.2 Å². The van der Waals surface area contributed by atoms with Crippen LogP contribution in [0.15, 0.2) is 82.7 Å². The van der Waals surface area contributed by atoms with E-state index >= 15 is 0 Å². The Morgan fingerprint density at radius 1 is 0.938 bits per heavy atom. The summed E-state index contributed by atoms with van der Waals surface area (Å²) in [6.07, 6.45) is 0. The minimum absolute atomic E-state index is 0.126. The molecule has 0 saturated heterocycles. The van der Waals surface area contributed by atoms with E-state index in [0.717, 1.165) is 11.1 Å². The molecular weight excluding hydrogens is 465 g/mol. The van der Waals surface area contributed by atoms with Crippen LogP contribution in [-0.4, -0.2) is 21.2 Å². The number of carbonyl (C=O) groups excluding carboxylic acids is 1. The number of carbonyl (C=O) groups is 1. The van der Waals surface area contributed by atoms with E-state index in [1.54, 1.807) is 34.9 Å². The molecule has 0 bridgehead atoms. The van der Waals surface area contributed by atoms with Gasteiger partial charge in [0.2, 0.25) is 5.91 Å². The van der Waals surface area contributed by atoms with Crippen LogP contribution in [0.3, 0.4) is 0 Å². The van der Waals surface area contributed by atoms with Gasteiger partial charge in [0.25, 0.3) is 5.56 Å². The summed E-state index contributed by atoms with van der Waals surface area (Å²) in [5.41, 5.74) is 2.27. The average Bonchev–Trinajstić information content (AvgIpc) is 2.80. The van der Waals surface area contributed by atoms with Gasteiger partial charge < -0.3 is 5.32 Å². The van der Waals surface area contributed by atoms with Crippen molar-refractivity contribution in [1.29, 1.82) is 0 Å². The van der Waals surface area contributed by atoms with Crippen LogP contribution in [0, 0.1) is 0 Å². The second-order valence-corrected chi connectivity index (χ2v) is 8.94. The van der Waals surface area contributed by atoms with E-state index in [-0.39, 0.29) is 17.2 Å². The Morgan fingerprint density at radius 2 is 1.66 bits per heavy atom. The summed E-state index contributed by atoms with van der Waals surface area (Å²) < 4.78 is 1.60. The number of aromatic nitrogens is 2. The zero-order valence-corrected chi connectivity index (χ0v) is 19.3. The van der Waals surface area contributed by atoms with Gasteiger partial charge in [0, 0.05) is 16.6 Å². The molecule has 0 fully saturated rings. The highest BCUT2D eigenvalue weighted by Crippen LogP contribution is 2.21. The lowest BCUT2D eigenvalue weighted by Crippen LogP contribution is -2.27. The molecule has 1 N–H and O–H groups in total. The first-order valence-corrected chi connectivity index (χ1v) is 11.6. The van der Waals surface area contributed by atoms with Crippen molar-refractivity contribution in [3.8, 4) is 0 Å². The minimum atomic E-state index is -0.167. The average molecular weight is 484 g/mol. The number of benzene rings is 3. The van der Waals surface area contributed by atoms with Crippen molar-refractivity contribution in [1.82, 2.24) is 14.9 Å². The molecule has 0 aliphatic carbocycles. The monoisotopic (exact) mass is 483 g/mol. The van der Waals surface area contributed by atoms with Crippen molar-refractivity contribution in [2.75, 3.05) is 5.75 Å². The van der Waals surface area contributed by atoms with Crippen molar-refractivity contribution in [2.24, 2.45) is 0 Å². The molecule has 1 heterocycles. The predicted molar refractivity (Wildman–Crippen MR) is 131 cm³/mol. The third-order valence-corrected chi connectivity index (χ3v) is 6.26. The van der Waals surface area contributed by atoms with Gasteiger partial charge in [-0.25, -0.2) is 4.98 Å². The van der Waals surface area contributed by atoms with Crippen molar-refractivity contribution >= 4 is 51.8 Å². The molecule has 0 saturated carbocycles. The van der Waals surface area contributed by atoms with Crippen molar-refractivity contribution < 1.29 is 4.79 Å². The third-order valence-electron chi connectivity index (χ3n) is 4.80. The summed E-state index contributed by atoms with van der Waals surface area (Å²) in [5.74, 6) is -0.0300. The first kappa shape index (κ1) is 22.4. The third kappa shape index (κ3) is 5.51. The SMILES string of the molecule is O=C(CSc1nc2cc(Cl)ccc2c(=O)n1Cc1ccccc1)NCc1ccc(Cl)cc1. The molecular formula is C24H19Cl2N3O2S. The highest BCUT2D eigenvalue weighted by Gasteiger charge is 2.14. The summed E-state index contributed by atoms with van der Waals surface area (Å²) in [5, 5.41) is 4.98. The Kier molecular flexibility index (Phi) is 7.15. The molecule has 1 amide bonds. The van der Waals surface area contributed by atoms with Crippen LogP contribution >= 0.6 is 35.0 Å². The zero-order valence-electron chi connectivity index (χ0n) is 16.9. The number of nitrogens with one attached hydrogen (secondary N) is 1. The summed E-state index contributed by atoms with van der Waals surface area (Å²) in [6, 6.07) is 22.0. The van der Waals surface area contributed by atoms with Gasteiger partial charge in [0.05, 0.1) is 23.2 Å². The Bertz CT molecular complexity index is 1310. The number of fused-ring (bicyclic) bond motifs is 1. The lowest BCUT2D eigenvalue weighted by Gasteiger charge is -2.13. The van der Waals surface area contributed by atoms with Gasteiger partial charge in [-0.1, -0.05) is 77.4 Å². The van der Waals surface area contributed by atoms with Crippen molar-refractivity contribution in [3.63, 3.8) is 0 Å². The topological polar surface area (TPSA) is 64.0 Å². The highest BCUT2D eigenvalue weighted by atomic mass is 35.5. The number of thioether (sulfide) groups is 1. The van der Waals surface area contributed by atoms with Crippen LogP contribution < -0.4 is 10.9 Å². The molecule has 0 unspecified atom stereocenters. The smallest absolute Gasteiger partial charge is 0.262 e. The van der Waals surface area contributed by atoms with Gasteiger partial charge >= 0.3 is 0 Å². The molecule has 4 aromatic rings. The maximum atomic E-state index is 13.2. The first-order valence-electron chi connectivity index (χ1n) is 9.87. The number of hydrogen-bond acceptors (Lipinski definition) is 4. The van der Waals surface area contributed by atoms with Crippen LogP contribution in [0.5, 0.6) is 0 Å². The molecule has 4 rings (SSSR count). The van der Waals surface area contributed by atoms with Crippen molar-refractivity contribution in [3.05, 3.63) is 104 Å². The lowest BCUT2D eigenvalue weighted by molar-refractivity contribution is -0.118. The molecule has 3 aromatic carbocycles. The summed E-state index contributed by atoms with van der Waals surface area (Å²) in [6.45, 7) is 0.758. The predicted octanol–water partition coefficient (Wildman–Crippen LogP) is 5.16. The normalized spacial score (nSPS) is 10.9. The Hall–Kier alpha value is -2.80. The second kappa shape index (κ2) is 10.2. The molecule has 162 valence electrons. The van der Waals surface area contributed by atoms with Crippen LogP contribution in [0.4, 0.5) is 0 Å². The van der Waals surface area contributed by atoms with Gasteiger partial charge in [-0.2, -0.15) is 0 Å². The van der Waals surface area contributed by atoms with E-state index in [1.165, 1.54) is 11.8 Å². The molecule has 32 heavy (non-hydrogen) atoms. The van der Waals surface area contributed by atoms with E-state index in [2.05, 4.69) is 10.3 Å². The van der Waals surface area contributed by atoms with Gasteiger partial charge in [-0.15, -0.1) is 0 Å². The van der Waals surface area contributed by atoms with Gasteiger partial charge in [-0.05, 0) is 41.5 Å². The fraction of sp³-hybridized carbons (Fsp3) is 0.125. The Labute approximate surface area is 199 Å². The number of rotatable bonds is 7. The fourth-order valence-electron chi connectivity index (χ4n) is 3.17. The van der Waals surface area contributed by atoms with E-state index in [9.17, 15) is 9.59 Å². The molecule has 0 atom stereocenters. The molecule has 5 nitrogen and oxygen atoms in total. The maximum Gasteiger partial charge on any atom is 0.262 e. The number of amides is 1. The Balaban J connectivity index is 1.55. The number of nitrogens with zero attached hydrogens (tertiary/aromatic N) is 2. The van der Waals surface area contributed by atoms with E-state index < -0.39 is 0 Å². The molecule has 0 radical (unpaired) electrons. The largest absolute Gasteiger partial charge is 0.351 e. The number of halogens is 2.